The number of nitrogens with one attached hydrogen (secondary N) is 1. The number of carboxylic acid groups (broad SMARTS) is 1. The number of allylic oxidation sites excluding steroid dienone is 6. The van der Waals surface area contributed by atoms with E-state index in [0.29, 0.717) is 42.0 Å². The molecule has 1 amide bonds. The lowest BCUT2D eigenvalue weighted by Gasteiger charge is -2.33. The number of carboxylic acids is 1. The molecule has 0 radical (unpaired) electrons. The molecule has 4 rings (SSSR count). The van der Waals surface area contributed by atoms with Crippen LogP contribution in [-0.2, 0) is 9.59 Å². The predicted octanol–water partition coefficient (Wildman–Crippen LogP) is 5.69. The highest BCUT2D eigenvalue weighted by Gasteiger charge is 2.37. The lowest BCUT2D eigenvalue weighted by molar-refractivity contribution is -0.137. The number of aromatic nitrogens is 1. The Bertz CT molecular complexity index is 1290. The number of alkyl halides is 3. The number of pyridine rings is 1. The maximum absolute atomic E-state index is 13.2. The number of carbonyl (C=O) groups excluding carboxylic acids is 1. The van der Waals surface area contributed by atoms with Crippen LogP contribution in [0.2, 0.25) is 0 Å². The third kappa shape index (κ3) is 6.79. The van der Waals surface area contributed by atoms with Crippen molar-refractivity contribution < 1.29 is 27.9 Å². The number of unbranched alkanes of at least 4 members (excludes halogenated alkanes) is 1. The fourth-order valence-electron chi connectivity index (χ4n) is 4.93. The van der Waals surface area contributed by atoms with E-state index in [-0.39, 0.29) is 36.6 Å². The van der Waals surface area contributed by atoms with E-state index >= 15 is 0 Å². The summed E-state index contributed by atoms with van der Waals surface area (Å²) in [6.07, 6.45) is 6.10. The fraction of sp³-hybridized carbons (Fsp3) is 0.414. The number of aliphatic carboxylic acids is 1. The third-order valence-corrected chi connectivity index (χ3v) is 7.11. The monoisotopic (exact) mass is 540 g/mol. The first kappa shape index (κ1) is 28.2. The molecule has 1 aromatic heterocycles. The van der Waals surface area contributed by atoms with Crippen LogP contribution in [0.15, 0.2) is 81.6 Å². The average Bonchev–Trinajstić information content (AvgIpc) is 2.91. The molecule has 0 aromatic carbocycles. The number of amides is 1. The highest BCUT2D eigenvalue weighted by molar-refractivity contribution is 6.44. The van der Waals surface area contributed by atoms with Crippen molar-refractivity contribution in [2.75, 3.05) is 0 Å². The van der Waals surface area contributed by atoms with Crippen LogP contribution >= 0.6 is 0 Å². The normalized spacial score (nSPS) is 23.4. The maximum atomic E-state index is 13.2. The third-order valence-electron chi connectivity index (χ3n) is 7.11. The molecule has 0 fully saturated rings. The van der Waals surface area contributed by atoms with E-state index in [1.54, 1.807) is 24.4 Å². The van der Waals surface area contributed by atoms with Crippen molar-refractivity contribution in [2.24, 2.45) is 21.8 Å². The highest BCUT2D eigenvalue weighted by atomic mass is 19.4. The van der Waals surface area contributed by atoms with E-state index in [1.807, 2.05) is 26.0 Å². The van der Waals surface area contributed by atoms with Gasteiger partial charge in [-0.15, -0.1) is 0 Å². The van der Waals surface area contributed by atoms with Gasteiger partial charge in [-0.25, -0.2) is 0 Å². The Morgan fingerprint density at radius 2 is 2.00 bits per heavy atom. The summed E-state index contributed by atoms with van der Waals surface area (Å²) in [6.45, 7) is 3.76. The number of fused-ring (bicyclic) bond motifs is 1. The van der Waals surface area contributed by atoms with Crippen molar-refractivity contribution in [3.63, 3.8) is 0 Å². The van der Waals surface area contributed by atoms with Crippen LogP contribution < -0.4 is 5.32 Å². The minimum Gasteiger partial charge on any atom is -0.481 e. The molecule has 3 unspecified atom stereocenters. The zero-order valence-electron chi connectivity index (χ0n) is 21.8. The predicted molar refractivity (Wildman–Crippen MR) is 142 cm³/mol. The van der Waals surface area contributed by atoms with Crippen molar-refractivity contribution in [3.8, 4) is 0 Å². The Morgan fingerprint density at radius 3 is 2.64 bits per heavy atom. The van der Waals surface area contributed by atoms with Crippen molar-refractivity contribution in [1.82, 2.24) is 10.3 Å². The average molecular weight is 541 g/mol. The first-order chi connectivity index (χ1) is 18.5. The van der Waals surface area contributed by atoms with Gasteiger partial charge in [0.15, 0.2) is 0 Å². The van der Waals surface area contributed by atoms with Crippen molar-refractivity contribution in [1.29, 1.82) is 0 Å². The highest BCUT2D eigenvalue weighted by Crippen LogP contribution is 2.36. The maximum Gasteiger partial charge on any atom is 0.416 e. The van der Waals surface area contributed by atoms with Crippen LogP contribution in [0.5, 0.6) is 0 Å². The zero-order chi connectivity index (χ0) is 28.2. The fourth-order valence-corrected chi connectivity index (χ4v) is 4.93. The Hall–Kier alpha value is -3.82. The number of halogens is 3. The molecular weight excluding hydrogens is 509 g/mol. The first-order valence-electron chi connectivity index (χ1n) is 13.0. The van der Waals surface area contributed by atoms with Gasteiger partial charge in [0, 0.05) is 30.0 Å². The molecule has 10 heteroatoms. The van der Waals surface area contributed by atoms with Gasteiger partial charge in [-0.2, -0.15) is 13.2 Å². The molecule has 2 N–H and O–H groups in total. The summed E-state index contributed by atoms with van der Waals surface area (Å²) in [5, 5.41) is 12.0. The lowest BCUT2D eigenvalue weighted by Crippen LogP contribution is -2.38. The van der Waals surface area contributed by atoms with Gasteiger partial charge >= 0.3 is 12.1 Å². The van der Waals surface area contributed by atoms with Crippen molar-refractivity contribution in [3.05, 3.63) is 77.3 Å². The lowest BCUT2D eigenvalue weighted by atomic mass is 9.82. The number of aliphatic imine (C=N–C) groups is 2. The molecule has 39 heavy (non-hydrogen) atoms. The SMILES string of the molecule is CC1C(C(=O)N[C@H](C)c2ccccn2)=CC=C2N=C(C3C=CC(C(F)(F)F)=CC3)C(CCCCC(=O)O)=NC21. The van der Waals surface area contributed by atoms with E-state index in [9.17, 15) is 22.8 Å². The number of rotatable bonds is 9. The van der Waals surface area contributed by atoms with Crippen LogP contribution in [0.3, 0.4) is 0 Å². The summed E-state index contributed by atoms with van der Waals surface area (Å²) < 4.78 is 39.4. The van der Waals surface area contributed by atoms with Gasteiger partial charge in [-0.05, 0) is 50.8 Å². The van der Waals surface area contributed by atoms with E-state index in [0.717, 1.165) is 11.8 Å². The minimum atomic E-state index is -4.41. The Labute approximate surface area is 225 Å². The van der Waals surface area contributed by atoms with Gasteiger partial charge in [-0.3, -0.25) is 24.6 Å². The van der Waals surface area contributed by atoms with Gasteiger partial charge in [0.05, 0.1) is 40.5 Å². The molecule has 0 spiro atoms. The van der Waals surface area contributed by atoms with Crippen LogP contribution in [0.1, 0.15) is 57.7 Å². The quantitative estimate of drug-likeness (QED) is 0.393. The van der Waals surface area contributed by atoms with Crippen molar-refractivity contribution in [2.45, 2.75) is 64.2 Å². The molecule has 2 aliphatic carbocycles. The van der Waals surface area contributed by atoms with Crippen LogP contribution in [0.25, 0.3) is 0 Å². The number of carbonyl (C=O) groups is 2. The molecule has 2 heterocycles. The molecule has 3 aliphatic rings. The van der Waals surface area contributed by atoms with Gasteiger partial charge in [0.1, 0.15) is 0 Å². The smallest absolute Gasteiger partial charge is 0.416 e. The molecule has 0 saturated carbocycles. The molecule has 7 nitrogen and oxygen atoms in total. The second-order valence-corrected chi connectivity index (χ2v) is 9.93. The molecule has 1 aliphatic heterocycles. The molecule has 0 saturated heterocycles. The van der Waals surface area contributed by atoms with Crippen LogP contribution in [0, 0.1) is 11.8 Å². The van der Waals surface area contributed by atoms with Gasteiger partial charge in [-0.1, -0.05) is 37.3 Å². The standard InChI is InChI=1S/C29H31F3N4O3/c1-17-21(28(39)34-18(2)22-7-5-6-16-33-22)14-15-24-26(17)35-23(8-3-4-9-25(37)38)27(36-24)19-10-12-20(13-11-19)29(30,31)32/h5-7,10,12-19,26H,3-4,8-9,11H2,1-2H3,(H,34,39)(H,37,38)/t17?,18-,19?,26?/m1/s1. The molecule has 206 valence electrons. The minimum absolute atomic E-state index is 0.0211. The van der Waals surface area contributed by atoms with Gasteiger partial charge in [0.2, 0.25) is 5.91 Å². The van der Waals surface area contributed by atoms with Crippen LogP contribution in [0.4, 0.5) is 13.2 Å². The van der Waals surface area contributed by atoms with Crippen LogP contribution in [-0.4, -0.2) is 45.6 Å². The Balaban J connectivity index is 1.56. The van der Waals surface area contributed by atoms with Gasteiger partial charge < -0.3 is 10.4 Å². The zero-order valence-corrected chi connectivity index (χ0v) is 21.8. The van der Waals surface area contributed by atoms with E-state index in [2.05, 4.69) is 10.3 Å². The Morgan fingerprint density at radius 1 is 1.21 bits per heavy atom. The number of hydrogen-bond acceptors (Lipinski definition) is 5. The Kier molecular flexibility index (Phi) is 8.62. The first-order valence-corrected chi connectivity index (χ1v) is 13.0. The number of hydrogen-bond donors (Lipinski definition) is 2. The summed E-state index contributed by atoms with van der Waals surface area (Å²) in [4.78, 5) is 38.2. The van der Waals surface area contributed by atoms with Gasteiger partial charge in [0.25, 0.3) is 0 Å². The summed E-state index contributed by atoms with van der Waals surface area (Å²) in [5.74, 6) is -1.79. The van der Waals surface area contributed by atoms with E-state index < -0.39 is 23.8 Å². The molecule has 4 atom stereocenters. The second kappa shape index (κ2) is 11.9. The summed E-state index contributed by atoms with van der Waals surface area (Å²) in [6, 6.07) is 4.78. The summed E-state index contributed by atoms with van der Waals surface area (Å²) in [5.41, 5.74) is 2.50. The molecule has 1 aromatic rings. The van der Waals surface area contributed by atoms with Crippen molar-refractivity contribution >= 4 is 23.3 Å². The van der Waals surface area contributed by atoms with E-state index in [4.69, 9.17) is 15.1 Å². The number of nitrogens with zero attached hydrogens (tertiary/aromatic N) is 3. The topological polar surface area (TPSA) is 104 Å². The van der Waals surface area contributed by atoms with E-state index in [1.165, 1.54) is 12.2 Å². The summed E-state index contributed by atoms with van der Waals surface area (Å²) >= 11 is 0. The second-order valence-electron chi connectivity index (χ2n) is 9.93. The largest absolute Gasteiger partial charge is 0.481 e. The summed E-state index contributed by atoms with van der Waals surface area (Å²) in [7, 11) is 0. The molecular formula is C29H31F3N4O3. The molecule has 0 bridgehead atoms.